The van der Waals surface area contributed by atoms with Crippen molar-refractivity contribution >= 4 is 13.8 Å². The molecule has 1 amide bonds. The molecule has 1 fully saturated rings. The van der Waals surface area contributed by atoms with Crippen LogP contribution in [0.25, 0.3) is 0 Å². The molecule has 0 aromatic carbocycles. The highest BCUT2D eigenvalue weighted by Gasteiger charge is 2.30. The van der Waals surface area contributed by atoms with Crippen LogP contribution in [0.3, 0.4) is 0 Å². The minimum absolute atomic E-state index is 0.165. The summed E-state index contributed by atoms with van der Waals surface area (Å²) in [6, 6.07) is 0. The van der Waals surface area contributed by atoms with Crippen LogP contribution < -0.4 is 5.32 Å². The van der Waals surface area contributed by atoms with E-state index in [1.807, 2.05) is 27.7 Å². The standard InChI is InChI=1S/C17H26BNO.2C2H6.C2H4/c1-5-9-14(6-2)15(20)19-17(18)12-7-10-16(3,4)11-8-13-17;3*1-2/h5-6,9H,1-2,7-8,10-13H2,3-4H3,(H,19,20);2*1-2H3;1-2H2/b14-9+;;;. The zero-order valence-corrected chi connectivity index (χ0v) is 18.3. The van der Waals surface area contributed by atoms with Crippen molar-refractivity contribution in [3.63, 3.8) is 0 Å². The number of carbonyl (C=O) groups is 1. The van der Waals surface area contributed by atoms with Crippen molar-refractivity contribution in [3.8, 4) is 0 Å². The van der Waals surface area contributed by atoms with Gasteiger partial charge in [-0.05, 0) is 31.1 Å². The fourth-order valence-electron chi connectivity index (χ4n) is 2.80. The summed E-state index contributed by atoms with van der Waals surface area (Å²) in [5.41, 5.74) is 0.296. The molecule has 148 valence electrons. The number of rotatable bonds is 4. The average molecular weight is 359 g/mol. The molecule has 1 N–H and O–H groups in total. The highest BCUT2D eigenvalue weighted by Crippen LogP contribution is 2.35. The van der Waals surface area contributed by atoms with E-state index in [-0.39, 0.29) is 5.91 Å². The maximum atomic E-state index is 12.2. The normalized spacial score (nSPS) is 17.7. The second-order valence-electron chi connectivity index (χ2n) is 6.54. The zero-order chi connectivity index (χ0) is 21.2. The summed E-state index contributed by atoms with van der Waals surface area (Å²) in [5.74, 6) is -0.165. The Balaban J connectivity index is -0.000000795. The number of carbonyl (C=O) groups excluding carboxylic acids is 1. The van der Waals surface area contributed by atoms with E-state index in [1.165, 1.54) is 6.08 Å². The summed E-state index contributed by atoms with van der Waals surface area (Å²) in [5, 5.41) is 2.98. The van der Waals surface area contributed by atoms with Crippen molar-refractivity contribution < 1.29 is 4.79 Å². The van der Waals surface area contributed by atoms with Crippen LogP contribution in [-0.4, -0.2) is 19.2 Å². The Bertz CT molecular complexity index is 412. The molecule has 3 heteroatoms. The van der Waals surface area contributed by atoms with Gasteiger partial charge in [0.05, 0.1) is 0 Å². The molecule has 0 atom stereocenters. The molecule has 1 aliphatic carbocycles. The SMILES string of the molecule is C=C.CC.CC.[B]C1(NC(=O)/C(C=C)=C/C=C)CCCC(C)(C)CCC1. The molecule has 0 unspecified atom stereocenters. The Morgan fingerprint density at radius 1 is 0.962 bits per heavy atom. The molecular formula is C23H42BNO. The molecule has 0 aromatic heterocycles. The van der Waals surface area contributed by atoms with Gasteiger partial charge in [-0.1, -0.05) is 85.8 Å². The Morgan fingerprint density at radius 2 is 1.38 bits per heavy atom. The highest BCUT2D eigenvalue weighted by atomic mass is 16.1. The summed E-state index contributed by atoms with van der Waals surface area (Å²) in [6.07, 6.45) is 10.8. The van der Waals surface area contributed by atoms with Crippen LogP contribution in [0.15, 0.2) is 50.1 Å². The van der Waals surface area contributed by atoms with Crippen molar-refractivity contribution in [1.29, 1.82) is 0 Å². The summed E-state index contributed by atoms with van der Waals surface area (Å²) in [6.45, 7) is 25.9. The van der Waals surface area contributed by atoms with Crippen LogP contribution in [0.1, 0.15) is 80.1 Å². The summed E-state index contributed by atoms with van der Waals surface area (Å²) < 4.78 is 0. The van der Waals surface area contributed by atoms with Crippen molar-refractivity contribution in [2.75, 3.05) is 0 Å². The Hall–Kier alpha value is -1.51. The molecule has 1 aliphatic rings. The van der Waals surface area contributed by atoms with Crippen molar-refractivity contribution in [1.82, 2.24) is 5.32 Å². The summed E-state index contributed by atoms with van der Waals surface area (Å²) in [4.78, 5) is 12.2. The second-order valence-corrected chi connectivity index (χ2v) is 6.54. The van der Waals surface area contributed by atoms with E-state index < -0.39 is 5.44 Å². The molecule has 26 heavy (non-hydrogen) atoms. The Morgan fingerprint density at radius 3 is 1.73 bits per heavy atom. The van der Waals surface area contributed by atoms with Crippen molar-refractivity contribution in [2.24, 2.45) is 5.41 Å². The van der Waals surface area contributed by atoms with E-state index in [9.17, 15) is 4.79 Å². The fourth-order valence-corrected chi connectivity index (χ4v) is 2.80. The number of amides is 1. The van der Waals surface area contributed by atoms with Gasteiger partial charge in [0.2, 0.25) is 0 Å². The maximum Gasteiger partial charge on any atom is 0.251 e. The van der Waals surface area contributed by atoms with Gasteiger partial charge in [0.15, 0.2) is 0 Å². The molecule has 0 saturated heterocycles. The lowest BCUT2D eigenvalue weighted by Gasteiger charge is -2.37. The molecule has 1 saturated carbocycles. The first kappa shape index (κ1) is 29.3. The van der Waals surface area contributed by atoms with Crippen LogP contribution in [0.4, 0.5) is 0 Å². The summed E-state index contributed by atoms with van der Waals surface area (Å²) >= 11 is 0. The van der Waals surface area contributed by atoms with Crippen LogP contribution in [-0.2, 0) is 4.79 Å². The highest BCUT2D eigenvalue weighted by molar-refractivity contribution is 6.17. The Labute approximate surface area is 165 Å². The lowest BCUT2D eigenvalue weighted by Crippen LogP contribution is -2.50. The van der Waals surface area contributed by atoms with Gasteiger partial charge in [-0.3, -0.25) is 4.79 Å². The van der Waals surface area contributed by atoms with Crippen LogP contribution in [0, 0.1) is 5.41 Å². The molecule has 0 spiro atoms. The lowest BCUT2D eigenvalue weighted by molar-refractivity contribution is -0.118. The van der Waals surface area contributed by atoms with Gasteiger partial charge in [-0.25, -0.2) is 0 Å². The van der Waals surface area contributed by atoms with E-state index in [2.05, 4.69) is 45.5 Å². The molecule has 0 heterocycles. The van der Waals surface area contributed by atoms with Crippen molar-refractivity contribution in [3.05, 3.63) is 50.1 Å². The first-order valence-corrected chi connectivity index (χ1v) is 9.88. The second kappa shape index (κ2) is 16.9. The van der Waals surface area contributed by atoms with Gasteiger partial charge in [0.1, 0.15) is 7.85 Å². The molecule has 2 nitrogen and oxygen atoms in total. The topological polar surface area (TPSA) is 29.1 Å². The molecule has 2 radical (unpaired) electrons. The largest absolute Gasteiger partial charge is 0.355 e. The van der Waals surface area contributed by atoms with E-state index >= 15 is 0 Å². The first-order chi connectivity index (χ1) is 12.3. The number of nitrogens with one attached hydrogen (secondary N) is 1. The van der Waals surface area contributed by atoms with Crippen molar-refractivity contribution in [2.45, 2.75) is 85.5 Å². The van der Waals surface area contributed by atoms with Crippen LogP contribution >= 0.6 is 0 Å². The van der Waals surface area contributed by atoms with E-state index in [4.69, 9.17) is 7.85 Å². The van der Waals surface area contributed by atoms with Crippen LogP contribution in [0.2, 0.25) is 0 Å². The minimum Gasteiger partial charge on any atom is -0.355 e. The zero-order valence-electron chi connectivity index (χ0n) is 18.3. The van der Waals surface area contributed by atoms with E-state index in [1.54, 1.807) is 12.2 Å². The number of hydrogen-bond donors (Lipinski definition) is 1. The number of allylic oxidation sites excluding steroid dienone is 2. The molecule has 0 bridgehead atoms. The van der Waals surface area contributed by atoms with Gasteiger partial charge in [-0.15, -0.1) is 13.2 Å². The third kappa shape index (κ3) is 12.8. The third-order valence-electron chi connectivity index (χ3n) is 4.09. The molecule has 1 rings (SSSR count). The first-order valence-electron chi connectivity index (χ1n) is 9.88. The third-order valence-corrected chi connectivity index (χ3v) is 4.09. The monoisotopic (exact) mass is 359 g/mol. The van der Waals surface area contributed by atoms with Gasteiger partial charge in [0, 0.05) is 11.0 Å². The molecular weight excluding hydrogens is 317 g/mol. The lowest BCUT2D eigenvalue weighted by atomic mass is 9.66. The maximum absolute atomic E-state index is 12.2. The minimum atomic E-state index is -0.600. The average Bonchev–Trinajstić information content (AvgIpc) is 2.63. The molecule has 0 aromatic rings. The predicted octanol–water partition coefficient (Wildman–Crippen LogP) is 6.50. The van der Waals surface area contributed by atoms with Gasteiger partial charge in [-0.2, -0.15) is 0 Å². The van der Waals surface area contributed by atoms with Gasteiger partial charge in [0.25, 0.3) is 5.91 Å². The quantitative estimate of drug-likeness (QED) is 0.264. The summed E-state index contributed by atoms with van der Waals surface area (Å²) in [7, 11) is 6.39. The van der Waals surface area contributed by atoms with E-state index in [0.717, 1.165) is 38.5 Å². The van der Waals surface area contributed by atoms with Crippen LogP contribution in [0.5, 0.6) is 0 Å². The van der Waals surface area contributed by atoms with E-state index in [0.29, 0.717) is 11.0 Å². The van der Waals surface area contributed by atoms with Gasteiger partial charge >= 0.3 is 0 Å². The van der Waals surface area contributed by atoms with Gasteiger partial charge < -0.3 is 5.32 Å². The Kier molecular flexibility index (Phi) is 19.1. The predicted molar refractivity (Wildman–Crippen MR) is 121 cm³/mol. The fraction of sp³-hybridized carbons (Fsp3) is 0.609. The smallest absolute Gasteiger partial charge is 0.251 e. The molecule has 0 aliphatic heterocycles. The number of hydrogen-bond acceptors (Lipinski definition) is 1.